The highest BCUT2D eigenvalue weighted by atomic mass is 19.1. The van der Waals surface area contributed by atoms with Crippen LogP contribution < -0.4 is 0 Å². The Morgan fingerprint density at radius 1 is 0.750 bits per heavy atom. The molecule has 0 N–H and O–H groups in total. The van der Waals surface area contributed by atoms with Crippen molar-refractivity contribution in [3.05, 3.63) is 83.7 Å². The molecule has 0 nitrogen and oxygen atoms in total. The monoisotopic (exact) mass is 428 g/mol. The summed E-state index contributed by atoms with van der Waals surface area (Å²) in [6.45, 7) is 4.47. The lowest BCUT2D eigenvalue weighted by Gasteiger charge is -2.13. The van der Waals surface area contributed by atoms with Crippen LogP contribution in [0.15, 0.2) is 66.7 Å². The Morgan fingerprint density at radius 3 is 2.16 bits per heavy atom. The van der Waals surface area contributed by atoms with Gasteiger partial charge in [0.05, 0.1) is 0 Å². The first-order chi connectivity index (χ1) is 15.7. The van der Waals surface area contributed by atoms with Crippen molar-refractivity contribution in [3.8, 4) is 22.3 Å². The Kier molecular flexibility index (Phi) is 7.79. The molecule has 0 radical (unpaired) electrons. The maximum atomic E-state index is 15.0. The molecule has 0 aliphatic heterocycles. The van der Waals surface area contributed by atoms with Gasteiger partial charge >= 0.3 is 0 Å². The first kappa shape index (κ1) is 22.8. The van der Waals surface area contributed by atoms with Crippen LogP contribution in [0, 0.1) is 11.7 Å². The van der Waals surface area contributed by atoms with E-state index >= 15 is 4.39 Å². The SMILES string of the molecule is CCCCCC1CCC(c2ccc(-c3ccc(-c4ccc(CCC)cc4)cc3F)cc2)C1. The number of rotatable bonds is 9. The molecule has 1 fully saturated rings. The highest BCUT2D eigenvalue weighted by molar-refractivity contribution is 5.71. The molecule has 1 aliphatic carbocycles. The van der Waals surface area contributed by atoms with E-state index in [1.807, 2.05) is 12.1 Å². The molecule has 0 saturated heterocycles. The first-order valence-corrected chi connectivity index (χ1v) is 12.7. The van der Waals surface area contributed by atoms with Crippen LogP contribution in [0.5, 0.6) is 0 Å². The molecule has 3 aromatic carbocycles. The van der Waals surface area contributed by atoms with Crippen molar-refractivity contribution >= 4 is 0 Å². The molecule has 0 bridgehead atoms. The standard InChI is InChI=1S/C31H37F/c1-3-5-6-8-24-11-14-28(21-24)26-15-17-27(18-16-26)30-20-19-29(22-31(30)32)25-12-9-23(7-4-2)10-13-25/h9-10,12-13,15-20,22,24,28H,3-8,11,14,21H2,1-2H3. The molecule has 0 aromatic heterocycles. The molecule has 2 unspecified atom stereocenters. The Hall–Kier alpha value is -2.41. The van der Waals surface area contributed by atoms with Crippen molar-refractivity contribution < 1.29 is 4.39 Å². The molecule has 0 spiro atoms. The number of benzene rings is 3. The average molecular weight is 429 g/mol. The fourth-order valence-electron chi connectivity index (χ4n) is 5.34. The van der Waals surface area contributed by atoms with Crippen molar-refractivity contribution in [3.63, 3.8) is 0 Å². The second-order valence-electron chi connectivity index (χ2n) is 9.64. The number of hydrogen-bond donors (Lipinski definition) is 0. The lowest BCUT2D eigenvalue weighted by Crippen LogP contribution is -1.96. The topological polar surface area (TPSA) is 0 Å². The van der Waals surface area contributed by atoms with E-state index in [1.54, 1.807) is 6.07 Å². The van der Waals surface area contributed by atoms with Gasteiger partial charge in [0.2, 0.25) is 0 Å². The number of halogens is 1. The zero-order valence-corrected chi connectivity index (χ0v) is 19.7. The Bertz CT molecular complexity index is 984. The van der Waals surface area contributed by atoms with Gasteiger partial charge in [-0.3, -0.25) is 0 Å². The van der Waals surface area contributed by atoms with Gasteiger partial charge in [0.25, 0.3) is 0 Å². The lowest BCUT2D eigenvalue weighted by atomic mass is 9.92. The predicted molar refractivity (Wildman–Crippen MR) is 135 cm³/mol. The van der Waals surface area contributed by atoms with E-state index in [0.29, 0.717) is 11.5 Å². The third-order valence-corrected chi connectivity index (χ3v) is 7.25. The zero-order chi connectivity index (χ0) is 22.3. The summed E-state index contributed by atoms with van der Waals surface area (Å²) in [5.74, 6) is 1.43. The van der Waals surface area contributed by atoms with Crippen LogP contribution in [0.4, 0.5) is 4.39 Å². The molecule has 0 amide bonds. The van der Waals surface area contributed by atoms with Gasteiger partial charge in [-0.2, -0.15) is 0 Å². The van der Waals surface area contributed by atoms with Gasteiger partial charge in [-0.1, -0.05) is 107 Å². The van der Waals surface area contributed by atoms with Crippen LogP contribution in [0.3, 0.4) is 0 Å². The number of unbranched alkanes of at least 4 members (excludes halogenated alkanes) is 2. The van der Waals surface area contributed by atoms with E-state index in [0.717, 1.165) is 35.4 Å². The van der Waals surface area contributed by atoms with Gasteiger partial charge in [0.15, 0.2) is 0 Å². The quantitative estimate of drug-likeness (QED) is 0.298. The molecule has 2 atom stereocenters. The third kappa shape index (κ3) is 5.49. The van der Waals surface area contributed by atoms with Crippen molar-refractivity contribution in [2.24, 2.45) is 5.92 Å². The van der Waals surface area contributed by atoms with Crippen LogP contribution in [0.1, 0.15) is 82.3 Å². The number of hydrogen-bond acceptors (Lipinski definition) is 0. The second kappa shape index (κ2) is 10.9. The fraction of sp³-hybridized carbons (Fsp3) is 0.419. The van der Waals surface area contributed by atoms with Gasteiger partial charge < -0.3 is 0 Å². The highest BCUT2D eigenvalue weighted by Gasteiger charge is 2.25. The van der Waals surface area contributed by atoms with Crippen molar-refractivity contribution in [2.45, 2.75) is 77.6 Å². The van der Waals surface area contributed by atoms with E-state index < -0.39 is 0 Å². The van der Waals surface area contributed by atoms with E-state index in [2.05, 4.69) is 62.4 Å². The average Bonchev–Trinajstić information content (AvgIpc) is 3.29. The Morgan fingerprint density at radius 2 is 1.47 bits per heavy atom. The van der Waals surface area contributed by atoms with Crippen LogP contribution in [0.2, 0.25) is 0 Å². The Balaban J connectivity index is 1.43. The van der Waals surface area contributed by atoms with Crippen LogP contribution in [-0.2, 0) is 6.42 Å². The fourth-order valence-corrected chi connectivity index (χ4v) is 5.34. The van der Waals surface area contributed by atoms with Gasteiger partial charge in [0.1, 0.15) is 5.82 Å². The third-order valence-electron chi connectivity index (χ3n) is 7.25. The van der Waals surface area contributed by atoms with E-state index in [1.165, 1.54) is 56.1 Å². The predicted octanol–water partition coefficient (Wildman–Crippen LogP) is 9.58. The van der Waals surface area contributed by atoms with Gasteiger partial charge in [-0.25, -0.2) is 4.39 Å². The second-order valence-corrected chi connectivity index (χ2v) is 9.64. The maximum absolute atomic E-state index is 15.0. The zero-order valence-electron chi connectivity index (χ0n) is 19.7. The lowest BCUT2D eigenvalue weighted by molar-refractivity contribution is 0.466. The molecule has 1 aliphatic rings. The summed E-state index contributed by atoms with van der Waals surface area (Å²) < 4.78 is 15.0. The van der Waals surface area contributed by atoms with E-state index in [4.69, 9.17) is 0 Å². The molecular formula is C31H37F. The summed E-state index contributed by atoms with van der Waals surface area (Å²) >= 11 is 0. The summed E-state index contributed by atoms with van der Waals surface area (Å²) in [5, 5.41) is 0. The largest absolute Gasteiger partial charge is 0.206 e. The molecule has 32 heavy (non-hydrogen) atoms. The smallest absolute Gasteiger partial charge is 0.131 e. The number of aryl methyl sites for hydroxylation is 1. The molecular weight excluding hydrogens is 391 g/mol. The van der Waals surface area contributed by atoms with Gasteiger partial charge in [-0.05, 0) is 71.4 Å². The first-order valence-electron chi connectivity index (χ1n) is 12.7. The molecule has 4 rings (SSSR count). The van der Waals surface area contributed by atoms with E-state index in [9.17, 15) is 0 Å². The minimum Gasteiger partial charge on any atom is -0.206 e. The van der Waals surface area contributed by atoms with Crippen LogP contribution in [-0.4, -0.2) is 0 Å². The van der Waals surface area contributed by atoms with Gasteiger partial charge in [0, 0.05) is 5.56 Å². The molecule has 1 heteroatoms. The molecule has 3 aromatic rings. The molecule has 1 saturated carbocycles. The molecule has 168 valence electrons. The summed E-state index contributed by atoms with van der Waals surface area (Å²) in [7, 11) is 0. The Labute approximate surface area is 193 Å². The highest BCUT2D eigenvalue weighted by Crippen LogP contribution is 2.41. The minimum absolute atomic E-state index is 0.148. The van der Waals surface area contributed by atoms with Gasteiger partial charge in [-0.15, -0.1) is 0 Å². The van der Waals surface area contributed by atoms with Crippen molar-refractivity contribution in [2.75, 3.05) is 0 Å². The van der Waals surface area contributed by atoms with E-state index in [-0.39, 0.29) is 5.82 Å². The van der Waals surface area contributed by atoms with Crippen LogP contribution >= 0.6 is 0 Å². The summed E-state index contributed by atoms with van der Waals surface area (Å²) in [6.07, 6.45) is 11.7. The van der Waals surface area contributed by atoms with Crippen molar-refractivity contribution in [1.82, 2.24) is 0 Å². The maximum Gasteiger partial charge on any atom is 0.131 e. The minimum atomic E-state index is -0.148. The summed E-state index contributed by atoms with van der Waals surface area (Å²) in [6, 6.07) is 22.8. The summed E-state index contributed by atoms with van der Waals surface area (Å²) in [5.41, 5.74) is 6.42. The van der Waals surface area contributed by atoms with Crippen molar-refractivity contribution in [1.29, 1.82) is 0 Å². The molecule has 0 heterocycles. The normalized spacial score (nSPS) is 18.2. The van der Waals surface area contributed by atoms with Crippen LogP contribution in [0.25, 0.3) is 22.3 Å². The summed E-state index contributed by atoms with van der Waals surface area (Å²) in [4.78, 5) is 0.